The Labute approximate surface area is 150 Å². The maximum absolute atomic E-state index is 13.1. The fraction of sp³-hybridized carbons (Fsp3) is 0.263. The van der Waals surface area contributed by atoms with E-state index in [1.807, 2.05) is 0 Å². The molecule has 2 N–H and O–H groups in total. The molecule has 3 rings (SSSR count). The van der Waals surface area contributed by atoms with Gasteiger partial charge in [0.25, 0.3) is 0 Å². The third kappa shape index (κ3) is 4.95. The number of halogens is 1. The molecule has 2 aromatic rings. The SMILES string of the molecule is O=C(NCC(=O)N1CCCC1)Nc1ccc(Oc2cccc(F)c2)cc1. The van der Waals surface area contributed by atoms with E-state index in [2.05, 4.69) is 10.6 Å². The predicted molar refractivity (Wildman–Crippen MR) is 95.8 cm³/mol. The van der Waals surface area contributed by atoms with Crippen molar-refractivity contribution in [2.75, 3.05) is 25.0 Å². The lowest BCUT2D eigenvalue weighted by molar-refractivity contribution is -0.128. The van der Waals surface area contributed by atoms with E-state index in [1.54, 1.807) is 41.3 Å². The van der Waals surface area contributed by atoms with Crippen molar-refractivity contribution in [1.29, 1.82) is 0 Å². The van der Waals surface area contributed by atoms with Crippen molar-refractivity contribution in [3.05, 3.63) is 54.3 Å². The molecule has 1 saturated heterocycles. The van der Waals surface area contributed by atoms with Gasteiger partial charge in [0.2, 0.25) is 5.91 Å². The average molecular weight is 357 g/mol. The van der Waals surface area contributed by atoms with E-state index >= 15 is 0 Å². The molecule has 1 aliphatic rings. The average Bonchev–Trinajstić information content (AvgIpc) is 3.16. The van der Waals surface area contributed by atoms with Crippen molar-refractivity contribution >= 4 is 17.6 Å². The molecular formula is C19H20FN3O3. The van der Waals surface area contributed by atoms with Gasteiger partial charge in [-0.25, -0.2) is 9.18 Å². The number of amides is 3. The number of rotatable bonds is 5. The Bertz CT molecular complexity index is 774. The van der Waals surface area contributed by atoms with Crippen molar-refractivity contribution in [3.63, 3.8) is 0 Å². The van der Waals surface area contributed by atoms with Crippen molar-refractivity contribution in [2.45, 2.75) is 12.8 Å². The number of ether oxygens (including phenoxy) is 1. The number of benzene rings is 2. The minimum Gasteiger partial charge on any atom is -0.457 e. The number of anilines is 1. The molecule has 0 spiro atoms. The molecule has 1 aliphatic heterocycles. The number of likely N-dealkylation sites (tertiary alicyclic amines) is 1. The van der Waals surface area contributed by atoms with Crippen LogP contribution in [0.5, 0.6) is 11.5 Å². The molecule has 0 unspecified atom stereocenters. The lowest BCUT2D eigenvalue weighted by Gasteiger charge is -2.15. The second kappa shape index (κ2) is 8.33. The Balaban J connectivity index is 1.47. The topological polar surface area (TPSA) is 70.7 Å². The van der Waals surface area contributed by atoms with Crippen LogP contribution in [0.1, 0.15) is 12.8 Å². The highest BCUT2D eigenvalue weighted by molar-refractivity contribution is 5.92. The van der Waals surface area contributed by atoms with Gasteiger partial charge in [0, 0.05) is 24.8 Å². The number of carbonyl (C=O) groups is 2. The summed E-state index contributed by atoms with van der Waals surface area (Å²) in [5.41, 5.74) is 0.558. The summed E-state index contributed by atoms with van der Waals surface area (Å²) >= 11 is 0. The highest BCUT2D eigenvalue weighted by Crippen LogP contribution is 2.23. The zero-order valence-corrected chi connectivity index (χ0v) is 14.2. The Morgan fingerprint density at radius 1 is 1.04 bits per heavy atom. The summed E-state index contributed by atoms with van der Waals surface area (Å²) in [7, 11) is 0. The molecule has 6 nitrogen and oxygen atoms in total. The molecule has 26 heavy (non-hydrogen) atoms. The summed E-state index contributed by atoms with van der Waals surface area (Å²) in [6.45, 7) is 1.50. The van der Waals surface area contributed by atoms with E-state index in [4.69, 9.17) is 4.74 Å². The Morgan fingerprint density at radius 3 is 2.46 bits per heavy atom. The number of hydrogen-bond donors (Lipinski definition) is 2. The molecule has 0 bridgehead atoms. The fourth-order valence-corrected chi connectivity index (χ4v) is 2.68. The van der Waals surface area contributed by atoms with Crippen LogP contribution in [-0.2, 0) is 4.79 Å². The molecule has 2 aromatic carbocycles. The van der Waals surface area contributed by atoms with Crippen LogP contribution >= 0.6 is 0 Å². The van der Waals surface area contributed by atoms with Crippen molar-refractivity contribution in [1.82, 2.24) is 10.2 Å². The predicted octanol–water partition coefficient (Wildman–Crippen LogP) is 3.36. The van der Waals surface area contributed by atoms with Gasteiger partial charge in [-0.2, -0.15) is 0 Å². The zero-order valence-electron chi connectivity index (χ0n) is 14.2. The quantitative estimate of drug-likeness (QED) is 0.862. The largest absolute Gasteiger partial charge is 0.457 e. The first-order valence-corrected chi connectivity index (χ1v) is 8.46. The van der Waals surface area contributed by atoms with E-state index in [9.17, 15) is 14.0 Å². The van der Waals surface area contributed by atoms with Gasteiger partial charge >= 0.3 is 6.03 Å². The maximum atomic E-state index is 13.1. The van der Waals surface area contributed by atoms with E-state index in [0.29, 0.717) is 17.2 Å². The molecule has 0 aliphatic carbocycles. The summed E-state index contributed by atoms with van der Waals surface area (Å²) in [6.07, 6.45) is 2.03. The van der Waals surface area contributed by atoms with Crippen molar-refractivity contribution < 1.29 is 18.7 Å². The first-order chi connectivity index (χ1) is 12.6. The van der Waals surface area contributed by atoms with E-state index in [-0.39, 0.29) is 18.3 Å². The van der Waals surface area contributed by atoms with Crippen LogP contribution in [0.2, 0.25) is 0 Å². The van der Waals surface area contributed by atoms with Gasteiger partial charge in [-0.1, -0.05) is 6.07 Å². The van der Waals surface area contributed by atoms with E-state index in [0.717, 1.165) is 25.9 Å². The Morgan fingerprint density at radius 2 is 1.77 bits per heavy atom. The number of nitrogens with zero attached hydrogens (tertiary/aromatic N) is 1. The highest BCUT2D eigenvalue weighted by Gasteiger charge is 2.18. The van der Waals surface area contributed by atoms with Crippen LogP contribution in [0.3, 0.4) is 0 Å². The van der Waals surface area contributed by atoms with Crippen molar-refractivity contribution in [3.8, 4) is 11.5 Å². The molecule has 136 valence electrons. The van der Waals surface area contributed by atoms with Gasteiger partial charge in [0.1, 0.15) is 17.3 Å². The van der Waals surface area contributed by atoms with Crippen LogP contribution in [-0.4, -0.2) is 36.5 Å². The second-order valence-electron chi connectivity index (χ2n) is 5.98. The summed E-state index contributed by atoms with van der Waals surface area (Å²) in [6, 6.07) is 12.0. The highest BCUT2D eigenvalue weighted by atomic mass is 19.1. The Kier molecular flexibility index (Phi) is 5.68. The third-order valence-electron chi connectivity index (χ3n) is 4.00. The molecule has 1 fully saturated rings. The lowest BCUT2D eigenvalue weighted by Crippen LogP contribution is -2.40. The molecule has 0 atom stereocenters. The first kappa shape index (κ1) is 17.7. The number of urea groups is 1. The van der Waals surface area contributed by atoms with Gasteiger partial charge in [-0.05, 0) is 49.2 Å². The van der Waals surface area contributed by atoms with Gasteiger partial charge in [0.15, 0.2) is 0 Å². The zero-order chi connectivity index (χ0) is 18.4. The number of carbonyl (C=O) groups excluding carboxylic acids is 2. The smallest absolute Gasteiger partial charge is 0.319 e. The Hall–Kier alpha value is -3.09. The first-order valence-electron chi connectivity index (χ1n) is 8.46. The number of nitrogens with one attached hydrogen (secondary N) is 2. The van der Waals surface area contributed by atoms with E-state index < -0.39 is 6.03 Å². The van der Waals surface area contributed by atoms with Crippen LogP contribution in [0.4, 0.5) is 14.9 Å². The van der Waals surface area contributed by atoms with Crippen molar-refractivity contribution in [2.24, 2.45) is 0 Å². The lowest BCUT2D eigenvalue weighted by atomic mass is 10.3. The second-order valence-corrected chi connectivity index (χ2v) is 5.98. The minimum atomic E-state index is -0.448. The van der Waals surface area contributed by atoms with Gasteiger partial charge in [0.05, 0.1) is 6.54 Å². The minimum absolute atomic E-state index is 0.0212. The summed E-state index contributed by atoms with van der Waals surface area (Å²) in [5.74, 6) is 0.465. The van der Waals surface area contributed by atoms with E-state index in [1.165, 1.54) is 12.1 Å². The molecular weight excluding hydrogens is 337 g/mol. The van der Waals surface area contributed by atoms with Crippen LogP contribution in [0, 0.1) is 5.82 Å². The molecule has 0 aromatic heterocycles. The fourth-order valence-electron chi connectivity index (χ4n) is 2.68. The molecule has 7 heteroatoms. The van der Waals surface area contributed by atoms with Gasteiger partial charge < -0.3 is 20.3 Å². The standard InChI is InChI=1S/C19H20FN3O3/c20-14-4-3-5-17(12-14)26-16-8-6-15(7-9-16)22-19(25)21-13-18(24)23-10-1-2-11-23/h3-9,12H,1-2,10-11,13H2,(H2,21,22,25). The van der Waals surface area contributed by atoms with Gasteiger partial charge in [-0.15, -0.1) is 0 Å². The summed E-state index contributed by atoms with van der Waals surface area (Å²) in [4.78, 5) is 25.5. The monoisotopic (exact) mass is 357 g/mol. The van der Waals surface area contributed by atoms with Crippen LogP contribution < -0.4 is 15.4 Å². The normalized spacial score (nSPS) is 13.3. The van der Waals surface area contributed by atoms with Crippen LogP contribution in [0.15, 0.2) is 48.5 Å². The molecule has 0 radical (unpaired) electrons. The van der Waals surface area contributed by atoms with Gasteiger partial charge in [-0.3, -0.25) is 4.79 Å². The summed E-state index contributed by atoms with van der Waals surface area (Å²) < 4.78 is 18.7. The summed E-state index contributed by atoms with van der Waals surface area (Å²) in [5, 5.41) is 5.21. The van der Waals surface area contributed by atoms with Crippen LogP contribution in [0.25, 0.3) is 0 Å². The molecule has 3 amide bonds. The number of hydrogen-bond acceptors (Lipinski definition) is 3. The molecule has 1 heterocycles. The molecule has 0 saturated carbocycles. The maximum Gasteiger partial charge on any atom is 0.319 e. The third-order valence-corrected chi connectivity index (χ3v) is 4.00.